The largest absolute Gasteiger partial charge is 0.310 e. The Bertz CT molecular complexity index is 858. The van der Waals surface area contributed by atoms with Gasteiger partial charge in [-0.25, -0.2) is 4.98 Å². The van der Waals surface area contributed by atoms with Gasteiger partial charge in [-0.1, -0.05) is 24.1 Å². The summed E-state index contributed by atoms with van der Waals surface area (Å²) in [5.74, 6) is 4.32. The second kappa shape index (κ2) is 6.26. The minimum Gasteiger partial charge on any atom is -0.310 e. The summed E-state index contributed by atoms with van der Waals surface area (Å²) in [5, 5.41) is 0. The van der Waals surface area contributed by atoms with E-state index in [9.17, 15) is 4.79 Å². The third kappa shape index (κ3) is 3.13. The molecule has 4 nitrogen and oxygen atoms in total. The van der Waals surface area contributed by atoms with E-state index in [1.807, 2.05) is 18.2 Å². The van der Waals surface area contributed by atoms with Gasteiger partial charge in [0.2, 0.25) is 0 Å². The van der Waals surface area contributed by atoms with Crippen LogP contribution in [0.1, 0.15) is 41.1 Å². The van der Waals surface area contributed by atoms with Gasteiger partial charge in [0.25, 0.3) is 5.56 Å². The highest BCUT2D eigenvalue weighted by Crippen LogP contribution is 2.31. The summed E-state index contributed by atoms with van der Waals surface area (Å²) in [6.07, 6.45) is 9.77. The summed E-state index contributed by atoms with van der Waals surface area (Å²) < 4.78 is 0. The predicted octanol–water partition coefficient (Wildman–Crippen LogP) is 2.26. The lowest BCUT2D eigenvalue weighted by Crippen LogP contribution is -2.35. The van der Waals surface area contributed by atoms with Crippen molar-refractivity contribution in [3.05, 3.63) is 62.8 Å². The second-order valence-electron chi connectivity index (χ2n) is 6.85. The normalized spacial score (nSPS) is 17.3. The molecule has 1 aromatic heterocycles. The van der Waals surface area contributed by atoms with Gasteiger partial charge in [-0.3, -0.25) is 9.69 Å². The van der Waals surface area contributed by atoms with E-state index in [-0.39, 0.29) is 5.56 Å². The number of fused-ring (bicyclic) bond motifs is 1. The first kappa shape index (κ1) is 15.2. The summed E-state index contributed by atoms with van der Waals surface area (Å²) in [7, 11) is 0. The van der Waals surface area contributed by atoms with Crippen LogP contribution in [0.15, 0.2) is 29.1 Å². The molecule has 0 bridgehead atoms. The van der Waals surface area contributed by atoms with Gasteiger partial charge in [0.15, 0.2) is 0 Å². The van der Waals surface area contributed by atoms with E-state index < -0.39 is 0 Å². The minimum absolute atomic E-state index is 0.0549. The van der Waals surface area contributed by atoms with Crippen LogP contribution in [0.25, 0.3) is 0 Å². The van der Waals surface area contributed by atoms with Crippen LogP contribution < -0.4 is 5.56 Å². The molecule has 4 heteroatoms. The minimum atomic E-state index is 0.0549. The Balaban J connectivity index is 1.55. The lowest BCUT2D eigenvalue weighted by Gasteiger charge is -2.28. The Labute approximate surface area is 141 Å². The number of nitrogens with one attached hydrogen (secondary N) is 1. The lowest BCUT2D eigenvalue weighted by atomic mass is 10.0. The van der Waals surface area contributed by atoms with Crippen molar-refractivity contribution in [1.29, 1.82) is 0 Å². The van der Waals surface area contributed by atoms with Gasteiger partial charge in [0.05, 0.1) is 5.69 Å². The van der Waals surface area contributed by atoms with E-state index in [0.717, 1.165) is 60.7 Å². The summed E-state index contributed by atoms with van der Waals surface area (Å²) in [4.78, 5) is 22.4. The topological polar surface area (TPSA) is 49.0 Å². The van der Waals surface area contributed by atoms with Crippen LogP contribution in [-0.2, 0) is 25.9 Å². The molecule has 0 saturated heterocycles. The van der Waals surface area contributed by atoms with Gasteiger partial charge in [0.1, 0.15) is 5.82 Å². The first-order valence-corrected chi connectivity index (χ1v) is 8.61. The van der Waals surface area contributed by atoms with Crippen molar-refractivity contribution in [3.8, 4) is 12.3 Å². The number of H-pyrrole nitrogens is 1. The number of benzene rings is 1. The third-order valence-corrected chi connectivity index (χ3v) is 4.95. The maximum Gasteiger partial charge on any atom is 0.254 e. The quantitative estimate of drug-likeness (QED) is 0.880. The van der Waals surface area contributed by atoms with Crippen LogP contribution >= 0.6 is 0 Å². The Morgan fingerprint density at radius 3 is 2.96 bits per heavy atom. The lowest BCUT2D eigenvalue weighted by molar-refractivity contribution is 0.240. The standard InChI is InChI=1S/C20H21N3O/c1-2-15-5-3-4-6-16(15)12-23-10-9-17-18(13-23)21-19(22-20(17)24)11-14-7-8-14/h1,3-6,14H,7-13H2,(H,21,22,24). The number of aromatic nitrogens is 2. The summed E-state index contributed by atoms with van der Waals surface area (Å²) in [5.41, 5.74) is 3.96. The Hall–Kier alpha value is -2.38. The number of aromatic amines is 1. The summed E-state index contributed by atoms with van der Waals surface area (Å²) in [6, 6.07) is 8.04. The van der Waals surface area contributed by atoms with Gasteiger partial charge in [-0.2, -0.15) is 0 Å². The molecule has 0 unspecified atom stereocenters. The zero-order chi connectivity index (χ0) is 16.5. The zero-order valence-electron chi connectivity index (χ0n) is 13.7. The number of nitrogens with zero attached hydrogens (tertiary/aromatic N) is 2. The number of hydrogen-bond donors (Lipinski definition) is 1. The van der Waals surface area contributed by atoms with Crippen LogP contribution in [0, 0.1) is 18.3 Å². The molecule has 1 aliphatic heterocycles. The number of terminal acetylenes is 1. The first-order chi connectivity index (χ1) is 11.7. The number of rotatable bonds is 4. The maximum atomic E-state index is 12.3. The third-order valence-electron chi connectivity index (χ3n) is 4.95. The summed E-state index contributed by atoms with van der Waals surface area (Å²) >= 11 is 0. The molecule has 0 amide bonds. The second-order valence-corrected chi connectivity index (χ2v) is 6.85. The summed E-state index contributed by atoms with van der Waals surface area (Å²) in [6.45, 7) is 2.38. The van der Waals surface area contributed by atoms with Gasteiger partial charge >= 0.3 is 0 Å². The highest BCUT2D eigenvalue weighted by atomic mass is 16.1. The van der Waals surface area contributed by atoms with Gasteiger partial charge < -0.3 is 4.98 Å². The van der Waals surface area contributed by atoms with E-state index in [0.29, 0.717) is 5.92 Å². The fraction of sp³-hybridized carbons (Fsp3) is 0.400. The molecule has 1 aliphatic carbocycles. The van der Waals surface area contributed by atoms with Crippen LogP contribution in [-0.4, -0.2) is 21.4 Å². The van der Waals surface area contributed by atoms with Crippen molar-refractivity contribution in [2.75, 3.05) is 6.54 Å². The smallest absolute Gasteiger partial charge is 0.254 e. The van der Waals surface area contributed by atoms with Crippen LogP contribution in [0.3, 0.4) is 0 Å². The van der Waals surface area contributed by atoms with E-state index >= 15 is 0 Å². The van der Waals surface area contributed by atoms with Crippen molar-refractivity contribution >= 4 is 0 Å². The molecular formula is C20H21N3O. The molecule has 0 atom stereocenters. The monoisotopic (exact) mass is 319 g/mol. The highest BCUT2D eigenvalue weighted by Gasteiger charge is 2.25. The molecule has 1 saturated carbocycles. The molecule has 4 rings (SSSR count). The fourth-order valence-electron chi connectivity index (χ4n) is 3.41. The molecule has 1 N–H and O–H groups in total. The van der Waals surface area contributed by atoms with E-state index in [1.165, 1.54) is 12.8 Å². The van der Waals surface area contributed by atoms with Crippen LogP contribution in [0.4, 0.5) is 0 Å². The average molecular weight is 319 g/mol. The molecule has 24 heavy (non-hydrogen) atoms. The molecule has 2 aromatic rings. The van der Waals surface area contributed by atoms with Crippen LogP contribution in [0.5, 0.6) is 0 Å². The van der Waals surface area contributed by atoms with Gasteiger partial charge in [-0.15, -0.1) is 6.42 Å². The average Bonchev–Trinajstić information content (AvgIpc) is 3.39. The zero-order valence-corrected chi connectivity index (χ0v) is 13.7. The maximum absolute atomic E-state index is 12.3. The Morgan fingerprint density at radius 2 is 2.17 bits per heavy atom. The molecule has 0 radical (unpaired) electrons. The fourth-order valence-corrected chi connectivity index (χ4v) is 3.41. The SMILES string of the molecule is C#Cc1ccccc1CN1CCc2c(nc(CC3CC3)[nH]c2=O)C1. The molecule has 1 aromatic carbocycles. The molecular weight excluding hydrogens is 298 g/mol. The predicted molar refractivity (Wildman–Crippen MR) is 93.5 cm³/mol. The molecule has 2 aliphatic rings. The molecule has 1 fully saturated rings. The van der Waals surface area contributed by atoms with E-state index in [1.54, 1.807) is 0 Å². The highest BCUT2D eigenvalue weighted by molar-refractivity contribution is 5.39. The van der Waals surface area contributed by atoms with Gasteiger partial charge in [-0.05, 0) is 36.8 Å². The van der Waals surface area contributed by atoms with E-state index in [2.05, 4.69) is 21.9 Å². The first-order valence-electron chi connectivity index (χ1n) is 8.61. The Kier molecular flexibility index (Phi) is 3.95. The molecule has 2 heterocycles. The van der Waals surface area contributed by atoms with E-state index in [4.69, 9.17) is 11.4 Å². The van der Waals surface area contributed by atoms with Crippen molar-refractivity contribution < 1.29 is 0 Å². The van der Waals surface area contributed by atoms with Crippen molar-refractivity contribution in [1.82, 2.24) is 14.9 Å². The van der Waals surface area contributed by atoms with Gasteiger partial charge in [0, 0.05) is 37.2 Å². The Morgan fingerprint density at radius 1 is 1.33 bits per heavy atom. The van der Waals surface area contributed by atoms with Crippen molar-refractivity contribution in [2.24, 2.45) is 5.92 Å². The molecule has 0 spiro atoms. The van der Waals surface area contributed by atoms with Crippen molar-refractivity contribution in [3.63, 3.8) is 0 Å². The number of hydrogen-bond acceptors (Lipinski definition) is 3. The molecule has 122 valence electrons. The van der Waals surface area contributed by atoms with Crippen molar-refractivity contribution in [2.45, 2.75) is 38.8 Å². The van der Waals surface area contributed by atoms with Crippen LogP contribution in [0.2, 0.25) is 0 Å².